The molecule has 134 valence electrons. The number of piperidine rings is 1. The van der Waals surface area contributed by atoms with Gasteiger partial charge in [0.1, 0.15) is 0 Å². The predicted octanol–water partition coefficient (Wildman–Crippen LogP) is 3.39. The van der Waals surface area contributed by atoms with Crippen molar-refractivity contribution in [3.8, 4) is 0 Å². The molecule has 25 heavy (non-hydrogen) atoms. The first-order chi connectivity index (χ1) is 12.0. The average molecular weight is 360 g/mol. The number of nitrogens with zero attached hydrogens (tertiary/aromatic N) is 3. The first kappa shape index (κ1) is 17.7. The Hall–Kier alpha value is -2.15. The van der Waals surface area contributed by atoms with E-state index in [0.29, 0.717) is 5.92 Å². The van der Waals surface area contributed by atoms with Crippen LogP contribution >= 0.6 is 0 Å². The molecule has 2 heterocycles. The van der Waals surface area contributed by atoms with E-state index in [2.05, 4.69) is 33.7 Å². The van der Waals surface area contributed by atoms with Crippen LogP contribution in [0.5, 0.6) is 0 Å². The van der Waals surface area contributed by atoms with E-state index in [9.17, 15) is 8.42 Å². The van der Waals surface area contributed by atoms with E-state index >= 15 is 0 Å². The Kier molecular flexibility index (Phi) is 5.22. The van der Waals surface area contributed by atoms with Crippen molar-refractivity contribution in [1.82, 2.24) is 10.2 Å². The van der Waals surface area contributed by atoms with Gasteiger partial charge in [0.05, 0.1) is 4.90 Å². The van der Waals surface area contributed by atoms with Crippen molar-refractivity contribution in [3.63, 3.8) is 0 Å². The zero-order chi connectivity index (χ0) is 17.9. The molecule has 3 rings (SSSR count). The molecule has 6 nitrogen and oxygen atoms in total. The lowest BCUT2D eigenvalue weighted by Gasteiger charge is -2.27. The lowest BCUT2D eigenvalue weighted by Crippen LogP contribution is -2.30. The van der Waals surface area contributed by atoms with E-state index in [-0.39, 0.29) is 10.7 Å². The third kappa shape index (κ3) is 4.28. The summed E-state index contributed by atoms with van der Waals surface area (Å²) in [5, 5.41) is 8.19. The highest BCUT2D eigenvalue weighted by Gasteiger charge is 2.17. The van der Waals surface area contributed by atoms with Crippen molar-refractivity contribution < 1.29 is 8.42 Å². The van der Waals surface area contributed by atoms with Gasteiger partial charge in [0, 0.05) is 13.1 Å². The zero-order valence-corrected chi connectivity index (χ0v) is 15.5. The fourth-order valence-electron chi connectivity index (χ4n) is 2.90. The molecule has 1 N–H and O–H groups in total. The molecule has 1 aliphatic heterocycles. The minimum Gasteiger partial charge on any atom is -0.355 e. The van der Waals surface area contributed by atoms with Gasteiger partial charge in [0.2, 0.25) is 0 Å². The van der Waals surface area contributed by atoms with Crippen LogP contribution in [0.4, 0.5) is 11.6 Å². The summed E-state index contributed by atoms with van der Waals surface area (Å²) in [7, 11) is -3.66. The number of anilines is 2. The smallest absolute Gasteiger partial charge is 0.263 e. The summed E-state index contributed by atoms with van der Waals surface area (Å²) in [6.07, 6.45) is 3.56. The minimum absolute atomic E-state index is 0.221. The lowest BCUT2D eigenvalue weighted by molar-refractivity contribution is 0.571. The molecule has 0 saturated carbocycles. The largest absolute Gasteiger partial charge is 0.355 e. The van der Waals surface area contributed by atoms with Crippen LogP contribution in [-0.4, -0.2) is 31.7 Å². The molecular formula is C18H24N4O2S. The standard InChI is InChI=1S/C18H24N4O2S/c1-14(2)15-6-8-16(9-7-15)25(23,24)21-17-10-11-18(20-19-17)22-12-4-3-5-13-22/h6-11,14H,3-5,12-13H2,1-2H3,(H,19,21). The summed E-state index contributed by atoms with van der Waals surface area (Å²) in [6.45, 7) is 6.09. The SMILES string of the molecule is CC(C)c1ccc(S(=O)(=O)Nc2ccc(N3CCCCC3)nn2)cc1. The van der Waals surface area contributed by atoms with Crippen molar-refractivity contribution >= 4 is 21.7 Å². The number of nitrogens with one attached hydrogen (secondary N) is 1. The summed E-state index contributed by atoms with van der Waals surface area (Å²) >= 11 is 0. The summed E-state index contributed by atoms with van der Waals surface area (Å²) in [4.78, 5) is 2.40. The Morgan fingerprint density at radius 2 is 1.64 bits per heavy atom. The van der Waals surface area contributed by atoms with Gasteiger partial charge < -0.3 is 4.90 Å². The molecule has 0 radical (unpaired) electrons. The molecule has 1 aromatic heterocycles. The first-order valence-electron chi connectivity index (χ1n) is 8.67. The normalized spacial score (nSPS) is 15.4. The molecular weight excluding hydrogens is 336 g/mol. The van der Waals surface area contributed by atoms with Gasteiger partial charge in [0.25, 0.3) is 10.0 Å². The number of hydrogen-bond donors (Lipinski definition) is 1. The third-order valence-corrected chi connectivity index (χ3v) is 5.80. The van der Waals surface area contributed by atoms with E-state index in [0.717, 1.165) is 37.3 Å². The second kappa shape index (κ2) is 7.39. The van der Waals surface area contributed by atoms with Crippen LogP contribution in [0.15, 0.2) is 41.3 Å². The van der Waals surface area contributed by atoms with Crippen LogP contribution in [0.25, 0.3) is 0 Å². The Bertz CT molecular complexity index is 796. The molecule has 0 amide bonds. The molecule has 0 aliphatic carbocycles. The number of rotatable bonds is 5. The van der Waals surface area contributed by atoms with Crippen molar-refractivity contribution in [3.05, 3.63) is 42.0 Å². The monoisotopic (exact) mass is 360 g/mol. The van der Waals surface area contributed by atoms with Crippen LogP contribution in [0.2, 0.25) is 0 Å². The Morgan fingerprint density at radius 1 is 0.960 bits per heavy atom. The molecule has 1 fully saturated rings. The Morgan fingerprint density at radius 3 is 2.20 bits per heavy atom. The molecule has 1 saturated heterocycles. The summed E-state index contributed by atoms with van der Waals surface area (Å²) in [6, 6.07) is 10.4. The predicted molar refractivity (Wildman–Crippen MR) is 99.4 cm³/mol. The van der Waals surface area contributed by atoms with Gasteiger partial charge in [-0.3, -0.25) is 4.72 Å². The van der Waals surface area contributed by atoms with E-state index in [1.165, 1.54) is 6.42 Å². The summed E-state index contributed by atoms with van der Waals surface area (Å²) < 4.78 is 27.5. The molecule has 0 atom stereocenters. The fraction of sp³-hybridized carbons (Fsp3) is 0.444. The van der Waals surface area contributed by atoms with Gasteiger partial charge in [-0.25, -0.2) is 8.42 Å². The Balaban J connectivity index is 1.72. The molecule has 0 unspecified atom stereocenters. The second-order valence-electron chi connectivity index (χ2n) is 6.65. The van der Waals surface area contributed by atoms with E-state index in [1.807, 2.05) is 18.2 Å². The molecule has 1 aromatic carbocycles. The quantitative estimate of drug-likeness (QED) is 0.884. The van der Waals surface area contributed by atoms with Crippen LogP contribution in [-0.2, 0) is 10.0 Å². The van der Waals surface area contributed by atoms with E-state index in [4.69, 9.17) is 0 Å². The topological polar surface area (TPSA) is 75.2 Å². The van der Waals surface area contributed by atoms with Crippen molar-refractivity contribution in [2.45, 2.75) is 43.9 Å². The van der Waals surface area contributed by atoms with Gasteiger partial charge in [0.15, 0.2) is 11.6 Å². The van der Waals surface area contributed by atoms with Crippen LogP contribution in [0.3, 0.4) is 0 Å². The van der Waals surface area contributed by atoms with Gasteiger partial charge in [-0.2, -0.15) is 0 Å². The van der Waals surface area contributed by atoms with E-state index in [1.54, 1.807) is 18.2 Å². The minimum atomic E-state index is -3.66. The number of aromatic nitrogens is 2. The lowest BCUT2D eigenvalue weighted by atomic mass is 10.0. The summed E-state index contributed by atoms with van der Waals surface area (Å²) in [5.41, 5.74) is 1.10. The van der Waals surface area contributed by atoms with Crippen molar-refractivity contribution in [2.75, 3.05) is 22.7 Å². The fourth-order valence-corrected chi connectivity index (χ4v) is 3.90. The van der Waals surface area contributed by atoms with Crippen LogP contribution < -0.4 is 9.62 Å². The summed E-state index contributed by atoms with van der Waals surface area (Å²) in [5.74, 6) is 1.38. The Labute approximate surface area is 149 Å². The molecule has 0 bridgehead atoms. The highest BCUT2D eigenvalue weighted by atomic mass is 32.2. The number of benzene rings is 1. The van der Waals surface area contributed by atoms with E-state index < -0.39 is 10.0 Å². The molecule has 7 heteroatoms. The average Bonchev–Trinajstić information content (AvgIpc) is 2.63. The zero-order valence-electron chi connectivity index (χ0n) is 14.6. The van der Waals surface area contributed by atoms with Crippen molar-refractivity contribution in [1.29, 1.82) is 0 Å². The van der Waals surface area contributed by atoms with Crippen LogP contribution in [0.1, 0.15) is 44.6 Å². The van der Waals surface area contributed by atoms with Crippen LogP contribution in [0, 0.1) is 0 Å². The molecule has 0 spiro atoms. The maximum atomic E-state index is 12.5. The maximum absolute atomic E-state index is 12.5. The molecule has 1 aliphatic rings. The first-order valence-corrected chi connectivity index (χ1v) is 10.2. The van der Waals surface area contributed by atoms with Gasteiger partial charge in [-0.05, 0) is 55.0 Å². The second-order valence-corrected chi connectivity index (χ2v) is 8.34. The van der Waals surface area contributed by atoms with Crippen molar-refractivity contribution in [2.24, 2.45) is 0 Å². The highest BCUT2D eigenvalue weighted by Crippen LogP contribution is 2.21. The molecule has 2 aromatic rings. The van der Waals surface area contributed by atoms with Gasteiger partial charge >= 0.3 is 0 Å². The highest BCUT2D eigenvalue weighted by molar-refractivity contribution is 7.92. The van der Waals surface area contributed by atoms with Gasteiger partial charge in [-0.1, -0.05) is 26.0 Å². The van der Waals surface area contributed by atoms with Gasteiger partial charge in [-0.15, -0.1) is 10.2 Å². The number of hydrogen-bond acceptors (Lipinski definition) is 5. The maximum Gasteiger partial charge on any atom is 0.263 e. The third-order valence-electron chi connectivity index (χ3n) is 4.43. The number of sulfonamides is 1.